The molecule has 0 fully saturated rings. The van der Waals surface area contributed by atoms with E-state index < -0.39 is 5.97 Å². The van der Waals surface area contributed by atoms with Gasteiger partial charge in [0.1, 0.15) is 6.61 Å². The van der Waals surface area contributed by atoms with E-state index in [0.29, 0.717) is 6.42 Å². The Labute approximate surface area is 122 Å². The Morgan fingerprint density at radius 2 is 1.30 bits per heavy atom. The maximum absolute atomic E-state index is 11.2. The minimum atomic E-state index is -0.934. The molecule has 118 valence electrons. The first-order valence-corrected chi connectivity index (χ1v) is 8.04. The summed E-state index contributed by atoms with van der Waals surface area (Å²) < 4.78 is 4.82. The third-order valence-electron chi connectivity index (χ3n) is 3.31. The van der Waals surface area contributed by atoms with E-state index in [2.05, 4.69) is 6.92 Å². The average Bonchev–Trinajstić information content (AvgIpc) is 2.40. The van der Waals surface area contributed by atoms with Crippen molar-refractivity contribution in [1.82, 2.24) is 0 Å². The van der Waals surface area contributed by atoms with Crippen LogP contribution in [0.4, 0.5) is 0 Å². The van der Waals surface area contributed by atoms with Gasteiger partial charge in [0, 0.05) is 6.42 Å². The molecule has 0 rings (SSSR count). The molecule has 0 aromatic heterocycles. The van der Waals surface area contributed by atoms with Crippen molar-refractivity contribution in [1.29, 1.82) is 0 Å². The van der Waals surface area contributed by atoms with Crippen molar-refractivity contribution in [2.45, 2.75) is 84.0 Å². The van der Waals surface area contributed by atoms with Gasteiger partial charge in [-0.3, -0.25) is 9.59 Å². The Kier molecular flexibility index (Phi) is 13.6. The molecule has 0 unspecified atom stereocenters. The number of rotatable bonds is 14. The van der Waals surface area contributed by atoms with Crippen LogP contribution in [0.2, 0.25) is 0 Å². The Hall–Kier alpha value is -1.06. The number of carboxylic acid groups (broad SMARTS) is 1. The Morgan fingerprint density at radius 1 is 0.800 bits per heavy atom. The summed E-state index contributed by atoms with van der Waals surface area (Å²) in [6.45, 7) is 2.22. The van der Waals surface area contributed by atoms with E-state index in [-0.39, 0.29) is 19.0 Å². The van der Waals surface area contributed by atoms with Crippen LogP contribution < -0.4 is 0 Å². The second-order valence-electron chi connectivity index (χ2n) is 5.30. The van der Waals surface area contributed by atoms with Crippen LogP contribution in [-0.2, 0) is 14.3 Å². The van der Waals surface area contributed by atoms with Crippen LogP contribution in [0, 0.1) is 0 Å². The molecule has 1 N–H and O–H groups in total. The SMILES string of the molecule is CCCCCCCCCCCCC(=O)OCCC(=O)O. The number of aliphatic carboxylic acids is 1. The molecule has 4 nitrogen and oxygen atoms in total. The Morgan fingerprint density at radius 3 is 1.80 bits per heavy atom. The maximum Gasteiger partial charge on any atom is 0.306 e. The van der Waals surface area contributed by atoms with Gasteiger partial charge in [-0.25, -0.2) is 0 Å². The van der Waals surface area contributed by atoms with Crippen molar-refractivity contribution < 1.29 is 19.4 Å². The number of hydrogen-bond donors (Lipinski definition) is 1. The summed E-state index contributed by atoms with van der Waals surface area (Å²) in [7, 11) is 0. The van der Waals surface area contributed by atoms with E-state index in [1.807, 2.05) is 0 Å². The van der Waals surface area contributed by atoms with Crippen LogP contribution in [0.15, 0.2) is 0 Å². The molecule has 0 atom stereocenters. The van der Waals surface area contributed by atoms with E-state index in [9.17, 15) is 9.59 Å². The summed E-state index contributed by atoms with van der Waals surface area (Å²) in [5.41, 5.74) is 0. The van der Waals surface area contributed by atoms with Gasteiger partial charge in [-0.2, -0.15) is 0 Å². The molecular weight excluding hydrogens is 256 g/mol. The third kappa shape index (κ3) is 15.0. The minimum Gasteiger partial charge on any atom is -0.481 e. The summed E-state index contributed by atoms with van der Waals surface area (Å²) in [6.07, 6.45) is 12.6. The predicted molar refractivity (Wildman–Crippen MR) is 79.7 cm³/mol. The smallest absolute Gasteiger partial charge is 0.306 e. The van der Waals surface area contributed by atoms with Crippen molar-refractivity contribution in [3.05, 3.63) is 0 Å². The quantitative estimate of drug-likeness (QED) is 0.381. The van der Waals surface area contributed by atoms with Gasteiger partial charge >= 0.3 is 11.9 Å². The molecule has 0 aliphatic heterocycles. The van der Waals surface area contributed by atoms with Crippen LogP contribution in [0.25, 0.3) is 0 Å². The van der Waals surface area contributed by atoms with E-state index in [1.54, 1.807) is 0 Å². The van der Waals surface area contributed by atoms with Crippen LogP contribution in [-0.4, -0.2) is 23.7 Å². The van der Waals surface area contributed by atoms with E-state index >= 15 is 0 Å². The number of carbonyl (C=O) groups is 2. The van der Waals surface area contributed by atoms with E-state index in [4.69, 9.17) is 9.84 Å². The number of esters is 1. The molecule has 0 saturated heterocycles. The van der Waals surface area contributed by atoms with Gasteiger partial charge in [-0.1, -0.05) is 64.7 Å². The minimum absolute atomic E-state index is 0.00801. The molecule has 0 radical (unpaired) electrons. The average molecular weight is 286 g/mol. The molecule has 0 aliphatic carbocycles. The van der Waals surface area contributed by atoms with Gasteiger partial charge in [-0.15, -0.1) is 0 Å². The first-order valence-electron chi connectivity index (χ1n) is 8.04. The second kappa shape index (κ2) is 14.4. The first kappa shape index (κ1) is 18.9. The van der Waals surface area contributed by atoms with Crippen molar-refractivity contribution >= 4 is 11.9 Å². The van der Waals surface area contributed by atoms with Crippen molar-refractivity contribution in [2.75, 3.05) is 6.61 Å². The van der Waals surface area contributed by atoms with Crippen LogP contribution in [0.3, 0.4) is 0 Å². The summed E-state index contributed by atoms with van der Waals surface area (Å²) in [4.78, 5) is 21.5. The molecule has 0 spiro atoms. The van der Waals surface area contributed by atoms with Gasteiger partial charge in [0.2, 0.25) is 0 Å². The van der Waals surface area contributed by atoms with Gasteiger partial charge in [0.15, 0.2) is 0 Å². The van der Waals surface area contributed by atoms with Gasteiger partial charge < -0.3 is 9.84 Å². The lowest BCUT2D eigenvalue weighted by molar-refractivity contribution is -0.146. The summed E-state index contributed by atoms with van der Waals surface area (Å²) in [5, 5.41) is 8.40. The van der Waals surface area contributed by atoms with E-state index in [1.165, 1.54) is 51.4 Å². The Balaban J connectivity index is 3.15. The molecule has 0 heterocycles. The lowest BCUT2D eigenvalue weighted by Crippen LogP contribution is -2.08. The van der Waals surface area contributed by atoms with Crippen LogP contribution in [0.1, 0.15) is 84.0 Å². The fourth-order valence-electron chi connectivity index (χ4n) is 2.08. The molecule has 0 saturated carbocycles. The zero-order valence-electron chi connectivity index (χ0n) is 12.9. The fraction of sp³-hybridized carbons (Fsp3) is 0.875. The van der Waals surface area contributed by atoms with Crippen LogP contribution >= 0.6 is 0 Å². The topological polar surface area (TPSA) is 63.6 Å². The molecule has 0 aromatic carbocycles. The number of carboxylic acids is 1. The fourth-order valence-corrected chi connectivity index (χ4v) is 2.08. The molecule has 4 heteroatoms. The zero-order chi connectivity index (χ0) is 15.1. The Bertz CT molecular complexity index is 251. The highest BCUT2D eigenvalue weighted by Crippen LogP contribution is 2.11. The molecular formula is C16H30O4. The second-order valence-corrected chi connectivity index (χ2v) is 5.30. The van der Waals surface area contributed by atoms with Crippen molar-refractivity contribution in [3.8, 4) is 0 Å². The number of carbonyl (C=O) groups excluding carboxylic acids is 1. The maximum atomic E-state index is 11.2. The number of hydrogen-bond acceptors (Lipinski definition) is 3. The lowest BCUT2D eigenvalue weighted by atomic mass is 10.1. The zero-order valence-corrected chi connectivity index (χ0v) is 12.9. The van der Waals surface area contributed by atoms with E-state index in [0.717, 1.165) is 12.8 Å². The molecule has 0 amide bonds. The van der Waals surface area contributed by atoms with Gasteiger partial charge in [-0.05, 0) is 6.42 Å². The number of unbranched alkanes of at least 4 members (excludes halogenated alkanes) is 9. The standard InChI is InChI=1S/C16H30O4/c1-2-3-4-5-6-7-8-9-10-11-12-16(19)20-14-13-15(17)18/h2-14H2,1H3,(H,17,18). The van der Waals surface area contributed by atoms with Gasteiger partial charge in [0.25, 0.3) is 0 Å². The highest BCUT2D eigenvalue weighted by Gasteiger charge is 2.04. The third-order valence-corrected chi connectivity index (χ3v) is 3.31. The largest absolute Gasteiger partial charge is 0.481 e. The monoisotopic (exact) mass is 286 g/mol. The number of ether oxygens (including phenoxy) is 1. The normalized spacial score (nSPS) is 10.4. The molecule has 0 aromatic rings. The highest BCUT2D eigenvalue weighted by molar-refractivity contribution is 5.70. The summed E-state index contributed by atoms with van der Waals surface area (Å²) in [5.74, 6) is -1.21. The molecule has 0 aliphatic rings. The molecule has 20 heavy (non-hydrogen) atoms. The highest BCUT2D eigenvalue weighted by atomic mass is 16.5. The predicted octanol–water partition coefficient (Wildman–Crippen LogP) is 4.32. The van der Waals surface area contributed by atoms with Crippen LogP contribution in [0.5, 0.6) is 0 Å². The summed E-state index contributed by atoms with van der Waals surface area (Å²) in [6, 6.07) is 0. The lowest BCUT2D eigenvalue weighted by Gasteiger charge is -2.03. The van der Waals surface area contributed by atoms with Crippen molar-refractivity contribution in [3.63, 3.8) is 0 Å². The first-order chi connectivity index (χ1) is 9.66. The van der Waals surface area contributed by atoms with Crippen molar-refractivity contribution in [2.24, 2.45) is 0 Å². The van der Waals surface area contributed by atoms with Gasteiger partial charge in [0.05, 0.1) is 6.42 Å². The summed E-state index contributed by atoms with van der Waals surface area (Å²) >= 11 is 0. The molecule has 0 bridgehead atoms.